The first-order chi connectivity index (χ1) is 10.9. The van der Waals surface area contributed by atoms with Crippen molar-refractivity contribution in [1.29, 1.82) is 0 Å². The highest BCUT2D eigenvalue weighted by Crippen LogP contribution is 2.36. The molecule has 1 rings (SSSR count). The van der Waals surface area contributed by atoms with Gasteiger partial charge in [-0.3, -0.25) is 9.59 Å². The minimum atomic E-state index is -4.64. The van der Waals surface area contributed by atoms with Gasteiger partial charge in [0.1, 0.15) is 5.41 Å². The molecule has 0 aliphatic rings. The van der Waals surface area contributed by atoms with Crippen molar-refractivity contribution in [2.45, 2.75) is 46.3 Å². The van der Waals surface area contributed by atoms with Crippen LogP contribution in [0.3, 0.4) is 0 Å². The molecule has 2 N–H and O–H groups in total. The zero-order valence-electron chi connectivity index (χ0n) is 13.8. The summed E-state index contributed by atoms with van der Waals surface area (Å²) in [4.78, 5) is 24.5. The van der Waals surface area contributed by atoms with Gasteiger partial charge in [-0.1, -0.05) is 18.5 Å². The fraction of sp³-hybridized carbons (Fsp3) is 0.500. The van der Waals surface area contributed by atoms with Crippen LogP contribution in [0.25, 0.3) is 0 Å². The first-order valence-corrected chi connectivity index (χ1v) is 7.76. The predicted molar refractivity (Wildman–Crippen MR) is 86.8 cm³/mol. The van der Waals surface area contributed by atoms with Crippen LogP contribution in [0.15, 0.2) is 18.2 Å². The summed E-state index contributed by atoms with van der Waals surface area (Å²) in [7, 11) is 0. The second kappa shape index (κ2) is 7.42. The minimum absolute atomic E-state index is 0.0823. The van der Waals surface area contributed by atoms with Crippen LogP contribution in [0.4, 0.5) is 18.9 Å². The highest BCUT2D eigenvalue weighted by atomic mass is 35.5. The monoisotopic (exact) mass is 364 g/mol. The Morgan fingerprint density at radius 3 is 2.29 bits per heavy atom. The van der Waals surface area contributed by atoms with Gasteiger partial charge in [0.2, 0.25) is 11.8 Å². The Labute approximate surface area is 143 Å². The third kappa shape index (κ3) is 4.87. The van der Waals surface area contributed by atoms with Gasteiger partial charge in [-0.2, -0.15) is 13.2 Å². The summed E-state index contributed by atoms with van der Waals surface area (Å²) in [6.07, 6.45) is -3.95. The largest absolute Gasteiger partial charge is 0.417 e. The molecule has 0 aliphatic heterocycles. The molecule has 2 amide bonds. The molecule has 0 fully saturated rings. The molecule has 0 spiro atoms. The normalized spacial score (nSPS) is 13.3. The van der Waals surface area contributed by atoms with Crippen molar-refractivity contribution in [3.05, 3.63) is 28.8 Å². The van der Waals surface area contributed by atoms with E-state index in [2.05, 4.69) is 10.6 Å². The smallest absolute Gasteiger partial charge is 0.353 e. The Morgan fingerprint density at radius 1 is 1.21 bits per heavy atom. The van der Waals surface area contributed by atoms with Gasteiger partial charge in [0.05, 0.1) is 10.6 Å². The van der Waals surface area contributed by atoms with Crippen molar-refractivity contribution in [2.75, 3.05) is 5.32 Å². The zero-order valence-corrected chi connectivity index (χ0v) is 14.6. The lowest BCUT2D eigenvalue weighted by molar-refractivity contribution is -0.139. The van der Waals surface area contributed by atoms with Gasteiger partial charge in [-0.05, 0) is 45.4 Å². The van der Waals surface area contributed by atoms with E-state index in [4.69, 9.17) is 11.6 Å². The van der Waals surface area contributed by atoms with Crippen LogP contribution in [0.1, 0.15) is 39.7 Å². The van der Waals surface area contributed by atoms with E-state index in [0.717, 1.165) is 12.1 Å². The Kier molecular flexibility index (Phi) is 6.27. The van der Waals surface area contributed by atoms with Gasteiger partial charge < -0.3 is 10.6 Å². The number of hydrogen-bond acceptors (Lipinski definition) is 2. The quantitative estimate of drug-likeness (QED) is 0.768. The minimum Gasteiger partial charge on any atom is -0.353 e. The average Bonchev–Trinajstić information content (AvgIpc) is 2.47. The topological polar surface area (TPSA) is 58.2 Å². The Hall–Kier alpha value is -1.76. The van der Waals surface area contributed by atoms with E-state index in [9.17, 15) is 22.8 Å². The first-order valence-electron chi connectivity index (χ1n) is 7.38. The number of rotatable bonds is 5. The Bertz CT molecular complexity index is 630. The maximum atomic E-state index is 12.8. The van der Waals surface area contributed by atoms with Crippen molar-refractivity contribution in [3.63, 3.8) is 0 Å². The molecular formula is C16H20ClF3N2O2. The van der Waals surface area contributed by atoms with Crippen LogP contribution in [0.2, 0.25) is 5.02 Å². The second-order valence-corrected chi connectivity index (χ2v) is 6.46. The average molecular weight is 365 g/mol. The summed E-state index contributed by atoms with van der Waals surface area (Å²) in [6, 6.07) is 2.92. The lowest BCUT2D eigenvalue weighted by Crippen LogP contribution is -2.47. The van der Waals surface area contributed by atoms with E-state index in [1.165, 1.54) is 19.9 Å². The van der Waals surface area contributed by atoms with Gasteiger partial charge >= 0.3 is 6.18 Å². The van der Waals surface area contributed by atoms with E-state index in [1.54, 1.807) is 6.92 Å². The molecule has 24 heavy (non-hydrogen) atoms. The second-order valence-electron chi connectivity index (χ2n) is 6.05. The molecule has 0 saturated carbocycles. The molecule has 0 heterocycles. The number of halogens is 4. The molecule has 0 radical (unpaired) electrons. The summed E-state index contributed by atoms with van der Waals surface area (Å²) in [6.45, 7) is 6.48. The Morgan fingerprint density at radius 2 is 1.79 bits per heavy atom. The molecule has 0 aliphatic carbocycles. The van der Waals surface area contributed by atoms with Crippen LogP contribution < -0.4 is 10.6 Å². The molecule has 134 valence electrons. The molecule has 1 unspecified atom stereocenters. The van der Waals surface area contributed by atoms with Crippen molar-refractivity contribution in [1.82, 2.24) is 5.32 Å². The number of carbonyl (C=O) groups is 2. The van der Waals surface area contributed by atoms with Crippen molar-refractivity contribution in [2.24, 2.45) is 5.41 Å². The molecule has 1 aromatic rings. The van der Waals surface area contributed by atoms with Crippen LogP contribution in [0, 0.1) is 5.41 Å². The van der Waals surface area contributed by atoms with Crippen molar-refractivity contribution in [3.8, 4) is 0 Å². The molecule has 8 heteroatoms. The number of carbonyl (C=O) groups excluding carboxylic acids is 2. The first kappa shape index (κ1) is 20.3. The lowest BCUT2D eigenvalue weighted by atomic mass is 9.90. The summed E-state index contributed by atoms with van der Waals surface area (Å²) in [5, 5.41) is 4.55. The highest BCUT2D eigenvalue weighted by Gasteiger charge is 2.37. The summed E-state index contributed by atoms with van der Waals surface area (Å²) < 4.78 is 38.5. The lowest BCUT2D eigenvalue weighted by Gasteiger charge is -2.25. The molecule has 0 saturated heterocycles. The van der Waals surface area contributed by atoms with Gasteiger partial charge in [-0.25, -0.2) is 0 Å². The van der Waals surface area contributed by atoms with E-state index in [0.29, 0.717) is 6.42 Å². The molecule has 0 bridgehead atoms. The van der Waals surface area contributed by atoms with Crippen LogP contribution >= 0.6 is 11.6 Å². The van der Waals surface area contributed by atoms with E-state index in [-0.39, 0.29) is 11.7 Å². The molecule has 1 aromatic carbocycles. The maximum absolute atomic E-state index is 12.8. The van der Waals surface area contributed by atoms with E-state index in [1.807, 2.05) is 6.92 Å². The van der Waals surface area contributed by atoms with Crippen LogP contribution in [-0.4, -0.2) is 17.9 Å². The van der Waals surface area contributed by atoms with Crippen molar-refractivity contribution < 1.29 is 22.8 Å². The number of nitrogens with one attached hydrogen (secondary N) is 2. The molecule has 0 aromatic heterocycles. The van der Waals surface area contributed by atoms with Gasteiger partial charge in [0.25, 0.3) is 0 Å². The number of anilines is 1. The molecular weight excluding hydrogens is 345 g/mol. The van der Waals surface area contributed by atoms with Crippen molar-refractivity contribution >= 4 is 29.1 Å². The third-order valence-corrected chi connectivity index (χ3v) is 3.98. The number of benzene rings is 1. The van der Waals surface area contributed by atoms with Crippen LogP contribution in [-0.2, 0) is 15.8 Å². The van der Waals surface area contributed by atoms with Crippen LogP contribution in [0.5, 0.6) is 0 Å². The molecule has 1 atom stereocenters. The molecule has 4 nitrogen and oxygen atoms in total. The fourth-order valence-electron chi connectivity index (χ4n) is 1.72. The van der Waals surface area contributed by atoms with E-state index >= 15 is 0 Å². The number of hydrogen-bond donors (Lipinski definition) is 2. The summed E-state index contributed by atoms with van der Waals surface area (Å²) in [5.41, 5.74) is -2.58. The zero-order chi connectivity index (χ0) is 18.7. The maximum Gasteiger partial charge on any atom is 0.417 e. The van der Waals surface area contributed by atoms with E-state index < -0.39 is 34.0 Å². The fourth-order valence-corrected chi connectivity index (χ4v) is 1.94. The Balaban J connectivity index is 2.96. The SMILES string of the molecule is CCC(C)NC(=O)C(C)(C)C(=O)Nc1ccc(Cl)c(C(F)(F)F)c1. The summed E-state index contributed by atoms with van der Waals surface area (Å²) in [5.74, 6) is -1.21. The third-order valence-electron chi connectivity index (χ3n) is 3.65. The summed E-state index contributed by atoms with van der Waals surface area (Å²) >= 11 is 5.53. The predicted octanol–water partition coefficient (Wildman–Crippen LogP) is 4.24. The highest BCUT2D eigenvalue weighted by molar-refractivity contribution is 6.31. The number of alkyl halides is 3. The van der Waals surface area contributed by atoms with Gasteiger partial charge in [-0.15, -0.1) is 0 Å². The van der Waals surface area contributed by atoms with Gasteiger partial charge in [0, 0.05) is 11.7 Å². The standard InChI is InChI=1S/C16H20ClF3N2O2/c1-5-9(2)21-13(23)15(3,4)14(24)22-10-6-7-12(17)11(8-10)16(18,19)20/h6-9H,5H2,1-4H3,(H,21,23)(H,22,24). The number of amides is 2. The van der Waals surface area contributed by atoms with Gasteiger partial charge in [0.15, 0.2) is 0 Å².